The van der Waals surface area contributed by atoms with E-state index in [1.54, 1.807) is 0 Å². The SMILES string of the molecule is Cc1ccc(Nc2cc(C)c(Br)c(C)c2)cc1N. The molecule has 2 nitrogen and oxygen atoms in total. The minimum Gasteiger partial charge on any atom is -0.398 e. The van der Waals surface area contributed by atoms with Gasteiger partial charge in [0.05, 0.1) is 0 Å². The summed E-state index contributed by atoms with van der Waals surface area (Å²) in [6, 6.07) is 10.3. The second-order valence-corrected chi connectivity index (χ2v) is 5.41. The molecule has 0 spiro atoms. The van der Waals surface area contributed by atoms with Crippen LogP contribution >= 0.6 is 15.9 Å². The fraction of sp³-hybridized carbons (Fsp3) is 0.200. The van der Waals surface area contributed by atoms with Crippen molar-refractivity contribution in [2.75, 3.05) is 11.1 Å². The summed E-state index contributed by atoms with van der Waals surface area (Å²) in [5.74, 6) is 0. The molecule has 0 saturated carbocycles. The van der Waals surface area contributed by atoms with Crippen LogP contribution < -0.4 is 11.1 Å². The largest absolute Gasteiger partial charge is 0.398 e. The first-order valence-corrected chi connectivity index (χ1v) is 6.66. The molecule has 0 atom stereocenters. The lowest BCUT2D eigenvalue weighted by molar-refractivity contribution is 1.33. The van der Waals surface area contributed by atoms with Crippen molar-refractivity contribution in [3.05, 3.63) is 51.5 Å². The fourth-order valence-electron chi connectivity index (χ4n) is 1.90. The third-order valence-corrected chi connectivity index (χ3v) is 4.26. The number of hydrogen-bond donors (Lipinski definition) is 2. The molecule has 18 heavy (non-hydrogen) atoms. The minimum atomic E-state index is 0.811. The first-order valence-electron chi connectivity index (χ1n) is 5.87. The molecule has 0 saturated heterocycles. The third kappa shape index (κ3) is 2.67. The molecule has 2 rings (SSSR count). The van der Waals surface area contributed by atoms with Crippen molar-refractivity contribution < 1.29 is 0 Å². The van der Waals surface area contributed by atoms with E-state index in [1.165, 1.54) is 11.1 Å². The predicted molar refractivity (Wildman–Crippen MR) is 82.5 cm³/mol. The molecule has 0 heterocycles. The molecule has 0 bridgehead atoms. The molecule has 2 aromatic carbocycles. The van der Waals surface area contributed by atoms with E-state index >= 15 is 0 Å². The number of halogens is 1. The zero-order valence-electron chi connectivity index (χ0n) is 10.8. The summed E-state index contributed by atoms with van der Waals surface area (Å²) in [6.07, 6.45) is 0. The molecule has 0 aliphatic heterocycles. The van der Waals surface area contributed by atoms with Crippen molar-refractivity contribution >= 4 is 33.0 Å². The van der Waals surface area contributed by atoms with Crippen molar-refractivity contribution in [3.63, 3.8) is 0 Å². The van der Waals surface area contributed by atoms with Gasteiger partial charge in [0.1, 0.15) is 0 Å². The molecule has 3 heteroatoms. The van der Waals surface area contributed by atoms with Crippen LogP contribution in [0.3, 0.4) is 0 Å². The molecular weight excluding hydrogens is 288 g/mol. The van der Waals surface area contributed by atoms with Crippen LogP contribution in [0.2, 0.25) is 0 Å². The Hall–Kier alpha value is -1.48. The zero-order chi connectivity index (χ0) is 13.3. The quantitative estimate of drug-likeness (QED) is 0.789. The second kappa shape index (κ2) is 5.02. The van der Waals surface area contributed by atoms with Crippen LogP contribution in [0, 0.1) is 20.8 Å². The maximum absolute atomic E-state index is 5.91. The fourth-order valence-corrected chi connectivity index (χ4v) is 2.13. The van der Waals surface area contributed by atoms with Gasteiger partial charge in [0.25, 0.3) is 0 Å². The van der Waals surface area contributed by atoms with E-state index in [2.05, 4.69) is 47.2 Å². The molecule has 0 aliphatic carbocycles. The first kappa shape index (κ1) is 13.0. The molecule has 0 aliphatic rings. The Morgan fingerprint density at radius 3 is 2.06 bits per heavy atom. The number of nitrogen functional groups attached to an aromatic ring is 1. The minimum absolute atomic E-state index is 0.811. The monoisotopic (exact) mass is 304 g/mol. The Bertz CT molecular complexity index is 568. The lowest BCUT2D eigenvalue weighted by Crippen LogP contribution is -1.95. The van der Waals surface area contributed by atoms with Crippen LogP contribution in [0.5, 0.6) is 0 Å². The lowest BCUT2D eigenvalue weighted by atomic mass is 10.1. The van der Waals surface area contributed by atoms with Gasteiger partial charge in [0.15, 0.2) is 0 Å². The van der Waals surface area contributed by atoms with Crippen LogP contribution in [0.4, 0.5) is 17.1 Å². The normalized spacial score (nSPS) is 10.4. The van der Waals surface area contributed by atoms with E-state index in [9.17, 15) is 0 Å². The number of nitrogens with two attached hydrogens (primary N) is 1. The maximum Gasteiger partial charge on any atom is 0.0405 e. The lowest BCUT2D eigenvalue weighted by Gasteiger charge is -2.11. The van der Waals surface area contributed by atoms with Crippen molar-refractivity contribution in [1.82, 2.24) is 0 Å². The van der Waals surface area contributed by atoms with Gasteiger partial charge in [-0.2, -0.15) is 0 Å². The van der Waals surface area contributed by atoms with Gasteiger partial charge in [0.2, 0.25) is 0 Å². The Morgan fingerprint density at radius 1 is 0.889 bits per heavy atom. The van der Waals surface area contributed by atoms with Crippen LogP contribution in [0.15, 0.2) is 34.8 Å². The van der Waals surface area contributed by atoms with E-state index in [4.69, 9.17) is 5.73 Å². The van der Waals surface area contributed by atoms with Gasteiger partial charge in [0, 0.05) is 21.5 Å². The van der Waals surface area contributed by atoms with E-state index in [1.807, 2.05) is 25.1 Å². The molecule has 2 aromatic rings. The first-order chi connectivity index (χ1) is 8.47. The van der Waals surface area contributed by atoms with Crippen molar-refractivity contribution in [3.8, 4) is 0 Å². The van der Waals surface area contributed by atoms with E-state index < -0.39 is 0 Å². The summed E-state index contributed by atoms with van der Waals surface area (Å²) in [6.45, 7) is 6.19. The van der Waals surface area contributed by atoms with Crippen LogP contribution in [-0.2, 0) is 0 Å². The van der Waals surface area contributed by atoms with E-state index in [0.29, 0.717) is 0 Å². The van der Waals surface area contributed by atoms with Crippen LogP contribution in [0.1, 0.15) is 16.7 Å². The van der Waals surface area contributed by atoms with E-state index in [-0.39, 0.29) is 0 Å². The maximum atomic E-state index is 5.91. The van der Waals surface area contributed by atoms with Gasteiger partial charge in [-0.05, 0) is 61.7 Å². The van der Waals surface area contributed by atoms with Gasteiger partial charge < -0.3 is 11.1 Å². The number of anilines is 3. The second-order valence-electron chi connectivity index (χ2n) is 4.62. The highest BCUT2D eigenvalue weighted by Gasteiger charge is 2.03. The summed E-state index contributed by atoms with van der Waals surface area (Å²) < 4.78 is 1.16. The van der Waals surface area contributed by atoms with Crippen LogP contribution in [0.25, 0.3) is 0 Å². The van der Waals surface area contributed by atoms with Crippen LogP contribution in [-0.4, -0.2) is 0 Å². The molecule has 0 aromatic heterocycles. The Morgan fingerprint density at radius 2 is 1.50 bits per heavy atom. The van der Waals surface area contributed by atoms with E-state index in [0.717, 1.165) is 27.1 Å². The summed E-state index contributed by atoms with van der Waals surface area (Å²) in [5, 5.41) is 3.38. The summed E-state index contributed by atoms with van der Waals surface area (Å²) in [7, 11) is 0. The molecular formula is C15H17BrN2. The van der Waals surface area contributed by atoms with Crippen molar-refractivity contribution in [2.45, 2.75) is 20.8 Å². The average molecular weight is 305 g/mol. The Balaban J connectivity index is 2.31. The highest BCUT2D eigenvalue weighted by atomic mass is 79.9. The molecule has 0 amide bonds. The van der Waals surface area contributed by atoms with Gasteiger partial charge in [-0.3, -0.25) is 0 Å². The topological polar surface area (TPSA) is 38.0 Å². The summed E-state index contributed by atoms with van der Waals surface area (Å²) in [5.41, 5.74) is 12.4. The standard InChI is InChI=1S/C15H17BrN2/c1-9-4-5-12(8-14(9)17)18-13-6-10(2)15(16)11(3)7-13/h4-8,18H,17H2,1-3H3. The number of rotatable bonds is 2. The molecule has 3 N–H and O–H groups in total. The zero-order valence-corrected chi connectivity index (χ0v) is 12.4. The number of nitrogens with one attached hydrogen (secondary N) is 1. The van der Waals surface area contributed by atoms with Gasteiger partial charge >= 0.3 is 0 Å². The number of aryl methyl sites for hydroxylation is 3. The molecule has 0 fully saturated rings. The Kier molecular flexibility index (Phi) is 3.62. The van der Waals surface area contributed by atoms with Crippen molar-refractivity contribution in [1.29, 1.82) is 0 Å². The summed E-state index contributed by atoms with van der Waals surface area (Å²) in [4.78, 5) is 0. The Labute approximate surface area is 116 Å². The number of hydrogen-bond acceptors (Lipinski definition) is 2. The molecule has 94 valence electrons. The third-order valence-electron chi connectivity index (χ3n) is 3.00. The van der Waals surface area contributed by atoms with Gasteiger partial charge in [-0.1, -0.05) is 22.0 Å². The predicted octanol–water partition coefficient (Wildman–Crippen LogP) is 4.70. The molecule has 0 radical (unpaired) electrons. The number of benzene rings is 2. The van der Waals surface area contributed by atoms with Gasteiger partial charge in [-0.25, -0.2) is 0 Å². The van der Waals surface area contributed by atoms with Gasteiger partial charge in [-0.15, -0.1) is 0 Å². The average Bonchev–Trinajstić information content (AvgIpc) is 2.31. The summed E-state index contributed by atoms with van der Waals surface area (Å²) >= 11 is 3.57. The van der Waals surface area contributed by atoms with Crippen molar-refractivity contribution in [2.24, 2.45) is 0 Å². The highest BCUT2D eigenvalue weighted by molar-refractivity contribution is 9.10. The molecule has 0 unspecified atom stereocenters. The highest BCUT2D eigenvalue weighted by Crippen LogP contribution is 2.27. The smallest absolute Gasteiger partial charge is 0.0405 e.